The van der Waals surface area contributed by atoms with Gasteiger partial charge in [0.2, 0.25) is 0 Å². The van der Waals surface area contributed by atoms with Gasteiger partial charge in [-0.15, -0.1) is 0 Å². The van der Waals surface area contributed by atoms with E-state index in [0.717, 1.165) is 42.7 Å². The summed E-state index contributed by atoms with van der Waals surface area (Å²) in [4.78, 5) is 33.8. The molecule has 1 aliphatic carbocycles. The van der Waals surface area contributed by atoms with Crippen molar-refractivity contribution >= 4 is 17.7 Å². The van der Waals surface area contributed by atoms with Gasteiger partial charge in [0.05, 0.1) is 24.1 Å². The van der Waals surface area contributed by atoms with Gasteiger partial charge in [-0.2, -0.15) is 0 Å². The van der Waals surface area contributed by atoms with Crippen LogP contribution < -0.4 is 15.4 Å². The fraction of sp³-hybridized carbons (Fsp3) is 0.419. The molecule has 1 aliphatic rings. The van der Waals surface area contributed by atoms with Gasteiger partial charge in [-0.3, -0.25) is 9.78 Å². The summed E-state index contributed by atoms with van der Waals surface area (Å²) in [7, 11) is 0. The van der Waals surface area contributed by atoms with E-state index in [-0.39, 0.29) is 35.9 Å². The SMILES string of the molecule is CCOc1cc(F)c(-c2nc(C(=O)Nc3cnccc3[C@@H]3C[C@H](C)C[C@H](NC(=O)OC(C)(C)C)C3)ccc2F)c(F)c1. The maximum atomic E-state index is 14.8. The first kappa shape index (κ1) is 30.8. The number of carbonyl (C=O) groups excluding carboxylic acids is 2. The van der Waals surface area contributed by atoms with Gasteiger partial charge in [0, 0.05) is 24.4 Å². The third kappa shape index (κ3) is 7.57. The van der Waals surface area contributed by atoms with Gasteiger partial charge in [-0.1, -0.05) is 6.92 Å². The maximum absolute atomic E-state index is 14.8. The van der Waals surface area contributed by atoms with Crippen molar-refractivity contribution in [1.82, 2.24) is 15.3 Å². The predicted octanol–water partition coefficient (Wildman–Crippen LogP) is 7.01. The molecule has 1 fully saturated rings. The van der Waals surface area contributed by atoms with Gasteiger partial charge in [0.15, 0.2) is 0 Å². The van der Waals surface area contributed by atoms with Crippen molar-refractivity contribution in [2.24, 2.45) is 5.92 Å². The van der Waals surface area contributed by atoms with Gasteiger partial charge in [-0.05, 0) is 82.6 Å². The zero-order valence-corrected chi connectivity index (χ0v) is 24.3. The Morgan fingerprint density at radius 3 is 2.40 bits per heavy atom. The molecule has 2 N–H and O–H groups in total. The van der Waals surface area contributed by atoms with Crippen molar-refractivity contribution in [3.05, 3.63) is 71.4 Å². The van der Waals surface area contributed by atoms with E-state index in [9.17, 15) is 22.8 Å². The van der Waals surface area contributed by atoms with E-state index >= 15 is 0 Å². The summed E-state index contributed by atoms with van der Waals surface area (Å²) in [5, 5.41) is 5.73. The van der Waals surface area contributed by atoms with Crippen LogP contribution in [-0.4, -0.2) is 40.2 Å². The molecule has 42 heavy (non-hydrogen) atoms. The number of amides is 2. The number of alkyl carbamates (subject to hydrolysis) is 1. The Kier molecular flexibility index (Phi) is 9.38. The molecule has 8 nitrogen and oxygen atoms in total. The summed E-state index contributed by atoms with van der Waals surface area (Å²) in [6, 6.07) is 5.62. The molecular weight excluding hydrogens is 549 g/mol. The second-order valence-electron chi connectivity index (χ2n) is 11.5. The zero-order valence-electron chi connectivity index (χ0n) is 24.3. The van der Waals surface area contributed by atoms with Crippen molar-refractivity contribution in [2.75, 3.05) is 11.9 Å². The highest BCUT2D eigenvalue weighted by molar-refractivity contribution is 6.03. The highest BCUT2D eigenvalue weighted by atomic mass is 19.1. The lowest BCUT2D eigenvalue weighted by Crippen LogP contribution is -2.42. The van der Waals surface area contributed by atoms with Crippen molar-refractivity contribution < 1.29 is 32.2 Å². The molecule has 0 saturated heterocycles. The second-order valence-corrected chi connectivity index (χ2v) is 11.5. The van der Waals surface area contributed by atoms with Crippen LogP contribution in [0.25, 0.3) is 11.3 Å². The van der Waals surface area contributed by atoms with Gasteiger partial charge in [0.1, 0.15) is 40.2 Å². The summed E-state index contributed by atoms with van der Waals surface area (Å²) in [6.45, 7) is 9.35. The van der Waals surface area contributed by atoms with Crippen LogP contribution in [0.5, 0.6) is 5.75 Å². The Morgan fingerprint density at radius 2 is 1.74 bits per heavy atom. The molecule has 1 aromatic carbocycles. The number of carbonyl (C=O) groups is 2. The normalized spacial score (nSPS) is 18.7. The Balaban J connectivity index is 1.56. The number of pyridine rings is 2. The highest BCUT2D eigenvalue weighted by Crippen LogP contribution is 2.39. The minimum atomic E-state index is -1.07. The number of rotatable bonds is 7. The zero-order chi connectivity index (χ0) is 30.6. The Labute approximate surface area is 243 Å². The van der Waals surface area contributed by atoms with Crippen molar-refractivity contribution in [3.63, 3.8) is 0 Å². The smallest absolute Gasteiger partial charge is 0.407 e. The highest BCUT2D eigenvalue weighted by Gasteiger charge is 2.31. The van der Waals surface area contributed by atoms with Crippen LogP contribution in [0.4, 0.5) is 23.7 Å². The number of hydrogen-bond acceptors (Lipinski definition) is 6. The monoisotopic (exact) mass is 584 g/mol. The van der Waals surface area contributed by atoms with E-state index < -0.39 is 46.3 Å². The maximum Gasteiger partial charge on any atom is 0.407 e. The molecule has 0 bridgehead atoms. The first-order valence-corrected chi connectivity index (χ1v) is 13.9. The lowest BCUT2D eigenvalue weighted by atomic mass is 9.76. The second kappa shape index (κ2) is 12.8. The first-order chi connectivity index (χ1) is 19.8. The van der Waals surface area contributed by atoms with Gasteiger partial charge in [-0.25, -0.2) is 22.9 Å². The number of anilines is 1. The number of benzene rings is 1. The standard InChI is InChI=1S/C31H35F3N4O4/c1-6-41-20-14-23(33)27(24(34)15-20)28-22(32)7-8-25(37-28)29(39)38-26-16-35-10-9-21(26)18-11-17(2)12-19(13-18)36-30(40)42-31(3,4)5/h7-10,14-19H,6,11-13H2,1-5H3,(H,36,40)(H,38,39)/t17-,18+,19-/m0/s1. The predicted molar refractivity (Wildman–Crippen MR) is 152 cm³/mol. The summed E-state index contributed by atoms with van der Waals surface area (Å²) in [5.74, 6) is -3.62. The molecule has 0 radical (unpaired) electrons. The van der Waals surface area contributed by atoms with Gasteiger partial charge < -0.3 is 20.1 Å². The van der Waals surface area contributed by atoms with Crippen LogP contribution in [0.3, 0.4) is 0 Å². The fourth-order valence-corrected chi connectivity index (χ4v) is 5.27. The molecule has 224 valence electrons. The lowest BCUT2D eigenvalue weighted by Gasteiger charge is -2.35. The number of halogens is 3. The third-order valence-corrected chi connectivity index (χ3v) is 6.85. The van der Waals surface area contributed by atoms with E-state index in [1.54, 1.807) is 40.0 Å². The number of hydrogen-bond donors (Lipinski definition) is 2. The molecule has 0 unspecified atom stereocenters. The fourth-order valence-electron chi connectivity index (χ4n) is 5.27. The molecule has 2 aromatic heterocycles. The van der Waals surface area contributed by atoms with E-state index in [1.165, 1.54) is 6.20 Å². The van der Waals surface area contributed by atoms with Crippen LogP contribution in [0.15, 0.2) is 42.7 Å². The lowest BCUT2D eigenvalue weighted by molar-refractivity contribution is 0.0482. The Hall–Kier alpha value is -4.15. The van der Waals surface area contributed by atoms with E-state index in [4.69, 9.17) is 9.47 Å². The molecule has 11 heteroatoms. The Morgan fingerprint density at radius 1 is 1.02 bits per heavy atom. The topological polar surface area (TPSA) is 102 Å². The quantitative estimate of drug-likeness (QED) is 0.310. The largest absolute Gasteiger partial charge is 0.494 e. The van der Waals surface area contributed by atoms with Crippen LogP contribution in [0.2, 0.25) is 0 Å². The molecule has 3 atom stereocenters. The summed E-state index contributed by atoms with van der Waals surface area (Å²) in [5.41, 5.74) is -0.965. The summed E-state index contributed by atoms with van der Waals surface area (Å²) >= 11 is 0. The van der Waals surface area contributed by atoms with Gasteiger partial charge in [0.25, 0.3) is 5.91 Å². The van der Waals surface area contributed by atoms with Gasteiger partial charge >= 0.3 is 6.09 Å². The van der Waals surface area contributed by atoms with E-state index in [0.29, 0.717) is 12.1 Å². The molecule has 2 heterocycles. The molecule has 4 rings (SSSR count). The van der Waals surface area contributed by atoms with E-state index in [1.807, 2.05) is 0 Å². The van der Waals surface area contributed by atoms with Crippen molar-refractivity contribution in [1.29, 1.82) is 0 Å². The van der Waals surface area contributed by atoms with Crippen LogP contribution >= 0.6 is 0 Å². The average Bonchev–Trinajstić information content (AvgIpc) is 2.88. The number of nitrogens with zero attached hydrogens (tertiary/aromatic N) is 2. The Bertz CT molecular complexity index is 1440. The summed E-state index contributed by atoms with van der Waals surface area (Å²) < 4.78 is 54.9. The van der Waals surface area contributed by atoms with Crippen molar-refractivity contribution in [2.45, 2.75) is 71.4 Å². The molecule has 2 amide bonds. The number of ether oxygens (including phenoxy) is 2. The first-order valence-electron chi connectivity index (χ1n) is 13.9. The molecule has 3 aromatic rings. The van der Waals surface area contributed by atoms with Crippen LogP contribution in [0, 0.1) is 23.4 Å². The molecule has 0 spiro atoms. The molecule has 0 aliphatic heterocycles. The van der Waals surface area contributed by atoms with Crippen LogP contribution in [0.1, 0.15) is 75.9 Å². The minimum absolute atomic E-state index is 0.0178. The molecular formula is C31H35F3N4O4. The minimum Gasteiger partial charge on any atom is -0.494 e. The number of nitrogens with one attached hydrogen (secondary N) is 2. The average molecular weight is 585 g/mol. The van der Waals surface area contributed by atoms with Crippen LogP contribution in [-0.2, 0) is 4.74 Å². The summed E-state index contributed by atoms with van der Waals surface area (Å²) in [6.07, 6.45) is 4.84. The van der Waals surface area contributed by atoms with E-state index in [2.05, 4.69) is 27.5 Å². The van der Waals surface area contributed by atoms with Crippen molar-refractivity contribution in [3.8, 4) is 17.0 Å². The number of aromatic nitrogens is 2. The third-order valence-electron chi connectivity index (χ3n) is 6.85. The molecule has 1 saturated carbocycles.